The topological polar surface area (TPSA) is 58.6 Å². The van der Waals surface area contributed by atoms with Crippen LogP contribution >= 0.6 is 0 Å². The largest absolute Gasteiger partial charge is 0.497 e. The summed E-state index contributed by atoms with van der Waals surface area (Å²) in [6, 6.07) is 7.82. The molecule has 1 aromatic carbocycles. The van der Waals surface area contributed by atoms with Crippen molar-refractivity contribution in [2.45, 2.75) is 63.5 Å². The average molecular weight is 397 g/mol. The van der Waals surface area contributed by atoms with Crippen molar-refractivity contribution in [3.05, 3.63) is 29.8 Å². The Hall–Kier alpha value is -2.04. The van der Waals surface area contributed by atoms with E-state index < -0.39 is 0 Å². The van der Waals surface area contributed by atoms with Gasteiger partial charge in [0.25, 0.3) is 0 Å². The zero-order valence-electron chi connectivity index (χ0n) is 17.4. The molecular weight excluding hydrogens is 364 g/mol. The third kappa shape index (κ3) is 3.76. The second-order valence-corrected chi connectivity index (χ2v) is 10.0. The van der Waals surface area contributed by atoms with Crippen LogP contribution in [-0.2, 0) is 16.1 Å². The first-order valence-corrected chi connectivity index (χ1v) is 11.2. The van der Waals surface area contributed by atoms with Gasteiger partial charge in [-0.1, -0.05) is 12.1 Å². The minimum atomic E-state index is -0.0914. The van der Waals surface area contributed by atoms with Crippen molar-refractivity contribution in [2.24, 2.45) is 23.7 Å². The molecule has 1 heterocycles. The zero-order chi connectivity index (χ0) is 20.0. The van der Waals surface area contributed by atoms with E-state index >= 15 is 0 Å². The highest BCUT2D eigenvalue weighted by atomic mass is 16.5. The summed E-state index contributed by atoms with van der Waals surface area (Å²) in [5.74, 6) is 3.48. The molecule has 29 heavy (non-hydrogen) atoms. The first-order chi connectivity index (χ1) is 14.0. The molecule has 5 fully saturated rings. The lowest BCUT2D eigenvalue weighted by Gasteiger charge is -2.57. The van der Waals surface area contributed by atoms with Crippen LogP contribution in [0.3, 0.4) is 0 Å². The van der Waals surface area contributed by atoms with E-state index in [2.05, 4.69) is 5.32 Å². The van der Waals surface area contributed by atoms with Crippen molar-refractivity contribution in [3.8, 4) is 5.75 Å². The quantitative estimate of drug-likeness (QED) is 0.828. The second-order valence-electron chi connectivity index (χ2n) is 10.0. The second kappa shape index (κ2) is 7.33. The third-order valence-corrected chi connectivity index (χ3v) is 7.81. The van der Waals surface area contributed by atoms with E-state index in [0.29, 0.717) is 25.9 Å². The molecule has 1 N–H and O–H groups in total. The van der Waals surface area contributed by atoms with E-state index in [4.69, 9.17) is 4.74 Å². The minimum absolute atomic E-state index is 0.0465. The predicted octanol–water partition coefficient (Wildman–Crippen LogP) is 3.52. The number of likely N-dealkylation sites (tertiary alicyclic amines) is 1. The fraction of sp³-hybridized carbons (Fsp3) is 0.667. The molecule has 6 rings (SSSR count). The van der Waals surface area contributed by atoms with Crippen LogP contribution in [0.5, 0.6) is 5.75 Å². The van der Waals surface area contributed by atoms with Crippen LogP contribution in [-0.4, -0.2) is 35.9 Å². The number of amides is 2. The molecule has 0 aromatic heterocycles. The number of rotatable bonds is 5. The lowest BCUT2D eigenvalue weighted by molar-refractivity contribution is -0.140. The van der Waals surface area contributed by atoms with Crippen molar-refractivity contribution in [1.82, 2.24) is 10.2 Å². The van der Waals surface area contributed by atoms with Gasteiger partial charge < -0.3 is 15.0 Å². The molecule has 5 heteroatoms. The van der Waals surface area contributed by atoms with Gasteiger partial charge in [0.05, 0.1) is 13.0 Å². The number of ether oxygens (including phenoxy) is 1. The van der Waals surface area contributed by atoms with Crippen LogP contribution in [0.1, 0.15) is 56.9 Å². The van der Waals surface area contributed by atoms with Crippen LogP contribution < -0.4 is 10.1 Å². The number of carbonyl (C=O) groups is 2. The Morgan fingerprint density at radius 3 is 2.52 bits per heavy atom. The monoisotopic (exact) mass is 396 g/mol. The lowest BCUT2D eigenvalue weighted by Crippen LogP contribution is -2.61. The van der Waals surface area contributed by atoms with Crippen LogP contribution in [0.25, 0.3) is 0 Å². The number of carbonyl (C=O) groups excluding carboxylic acids is 2. The molecule has 5 aliphatic rings. The van der Waals surface area contributed by atoms with E-state index in [1.165, 1.54) is 38.5 Å². The maximum Gasteiger partial charge on any atom is 0.225 e. The third-order valence-electron chi connectivity index (χ3n) is 7.81. The standard InChI is InChI=1S/C24H32N2O3/c1-29-21-4-2-3-16(10-21)14-26-15-20(5-6-22(26)27)23(28)25-24-11-17-7-18(12-24)9-19(8-17)13-24/h2-4,10,17-20H,5-9,11-15H2,1H3,(H,25,28)/t17?,18?,19?,20-,24?/m1/s1. The Bertz CT molecular complexity index is 770. The number of nitrogens with one attached hydrogen (secondary N) is 1. The number of hydrogen-bond donors (Lipinski definition) is 1. The van der Waals surface area contributed by atoms with Gasteiger partial charge in [0.15, 0.2) is 0 Å². The molecule has 0 radical (unpaired) electrons. The van der Waals surface area contributed by atoms with Gasteiger partial charge in [-0.05, 0) is 80.4 Å². The molecule has 1 saturated heterocycles. The van der Waals surface area contributed by atoms with Crippen molar-refractivity contribution in [3.63, 3.8) is 0 Å². The van der Waals surface area contributed by atoms with E-state index in [1.54, 1.807) is 7.11 Å². The normalized spacial score (nSPS) is 35.6. The molecule has 156 valence electrons. The van der Waals surface area contributed by atoms with Gasteiger partial charge in [-0.15, -0.1) is 0 Å². The van der Waals surface area contributed by atoms with Gasteiger partial charge in [0.1, 0.15) is 5.75 Å². The Kier molecular flexibility index (Phi) is 4.79. The first-order valence-electron chi connectivity index (χ1n) is 11.2. The average Bonchev–Trinajstić information content (AvgIpc) is 2.68. The molecule has 4 bridgehead atoms. The summed E-state index contributed by atoms with van der Waals surface area (Å²) in [4.78, 5) is 27.6. The van der Waals surface area contributed by atoms with Gasteiger partial charge in [0.2, 0.25) is 11.8 Å². The SMILES string of the molecule is COc1cccc(CN2C[C@H](C(=O)NC34CC5CC(CC(C5)C3)C4)CCC2=O)c1. The Morgan fingerprint density at radius 2 is 1.86 bits per heavy atom. The molecule has 1 atom stereocenters. The first kappa shape index (κ1) is 19.0. The highest BCUT2D eigenvalue weighted by molar-refractivity contribution is 5.84. The van der Waals surface area contributed by atoms with Gasteiger partial charge in [-0.2, -0.15) is 0 Å². The summed E-state index contributed by atoms with van der Waals surface area (Å²) in [5, 5.41) is 3.51. The van der Waals surface area contributed by atoms with Gasteiger partial charge in [-0.3, -0.25) is 9.59 Å². The van der Waals surface area contributed by atoms with Crippen LogP contribution in [0.4, 0.5) is 0 Å². The maximum absolute atomic E-state index is 13.2. The fourth-order valence-corrected chi connectivity index (χ4v) is 6.90. The number of nitrogens with zero attached hydrogens (tertiary/aromatic N) is 1. The molecular formula is C24H32N2O3. The Morgan fingerprint density at radius 1 is 1.17 bits per heavy atom. The molecule has 5 nitrogen and oxygen atoms in total. The molecule has 1 aliphatic heterocycles. The van der Waals surface area contributed by atoms with Crippen molar-refractivity contribution in [2.75, 3.05) is 13.7 Å². The van der Waals surface area contributed by atoms with Crippen molar-refractivity contribution in [1.29, 1.82) is 0 Å². The summed E-state index contributed by atoms with van der Waals surface area (Å²) in [6.45, 7) is 1.06. The van der Waals surface area contributed by atoms with Crippen LogP contribution in [0.2, 0.25) is 0 Å². The molecule has 0 unspecified atom stereocenters. The summed E-state index contributed by atoms with van der Waals surface area (Å²) in [7, 11) is 1.65. The Balaban J connectivity index is 1.24. The Labute approximate surface area is 173 Å². The van der Waals surface area contributed by atoms with E-state index in [-0.39, 0.29) is 23.3 Å². The highest BCUT2D eigenvalue weighted by Gasteiger charge is 2.52. The van der Waals surface area contributed by atoms with Crippen LogP contribution in [0, 0.1) is 23.7 Å². The lowest BCUT2D eigenvalue weighted by atomic mass is 9.53. The number of benzene rings is 1. The number of hydrogen-bond acceptors (Lipinski definition) is 3. The van der Waals surface area contributed by atoms with E-state index in [0.717, 1.165) is 29.1 Å². The molecule has 2 amide bonds. The van der Waals surface area contributed by atoms with Crippen molar-refractivity contribution < 1.29 is 14.3 Å². The predicted molar refractivity (Wildman–Crippen MR) is 110 cm³/mol. The molecule has 4 saturated carbocycles. The van der Waals surface area contributed by atoms with Gasteiger partial charge in [-0.25, -0.2) is 0 Å². The minimum Gasteiger partial charge on any atom is -0.497 e. The molecule has 0 spiro atoms. The summed E-state index contributed by atoms with van der Waals surface area (Å²) < 4.78 is 5.30. The van der Waals surface area contributed by atoms with Crippen molar-refractivity contribution >= 4 is 11.8 Å². The molecule has 4 aliphatic carbocycles. The summed E-state index contributed by atoms with van der Waals surface area (Å²) >= 11 is 0. The van der Waals surface area contributed by atoms with Crippen LogP contribution in [0.15, 0.2) is 24.3 Å². The van der Waals surface area contributed by atoms with E-state index in [1.807, 2.05) is 29.2 Å². The highest BCUT2D eigenvalue weighted by Crippen LogP contribution is 2.55. The van der Waals surface area contributed by atoms with Gasteiger partial charge >= 0.3 is 0 Å². The zero-order valence-corrected chi connectivity index (χ0v) is 17.4. The smallest absolute Gasteiger partial charge is 0.225 e. The van der Waals surface area contributed by atoms with Gasteiger partial charge in [0, 0.05) is 25.0 Å². The van der Waals surface area contributed by atoms with E-state index in [9.17, 15) is 9.59 Å². The molecule has 1 aromatic rings. The number of piperidine rings is 1. The summed E-state index contributed by atoms with van der Waals surface area (Å²) in [5.41, 5.74) is 1.09. The fourth-order valence-electron chi connectivity index (χ4n) is 6.90. The maximum atomic E-state index is 13.2. The number of methoxy groups -OCH3 is 1. The summed E-state index contributed by atoms with van der Waals surface area (Å²) in [6.07, 6.45) is 8.77.